The minimum absolute atomic E-state index is 0.0585. The molecular weight excluding hydrogens is 534 g/mol. The summed E-state index contributed by atoms with van der Waals surface area (Å²) >= 11 is 0. The number of hydrogen-bond donors (Lipinski definition) is 1. The van der Waals surface area contributed by atoms with Crippen LogP contribution in [-0.4, -0.2) is 67.0 Å². The summed E-state index contributed by atoms with van der Waals surface area (Å²) in [5, 5.41) is 3.49. The molecule has 42 heavy (non-hydrogen) atoms. The van der Waals surface area contributed by atoms with Crippen LogP contribution in [0, 0.1) is 0 Å². The molecule has 3 aromatic rings. The Kier molecular flexibility index (Phi) is 13.3. The summed E-state index contributed by atoms with van der Waals surface area (Å²) in [5.41, 5.74) is 3.34. The number of nitrogens with one attached hydrogen (secondary N) is 1. The highest BCUT2D eigenvalue weighted by Gasteiger charge is 2.27. The van der Waals surface area contributed by atoms with Gasteiger partial charge in [0.2, 0.25) is 0 Å². The number of ether oxygens (including phenoxy) is 7. The lowest BCUT2D eigenvalue weighted by molar-refractivity contribution is 0.0104. The molecule has 0 spiro atoms. The molecule has 1 N–H and O–H groups in total. The van der Waals surface area contributed by atoms with E-state index in [-0.39, 0.29) is 6.10 Å². The van der Waals surface area contributed by atoms with E-state index in [1.54, 1.807) is 21.3 Å². The molecule has 0 amide bonds. The molecular formula is C34H45NO7. The van der Waals surface area contributed by atoms with Crippen LogP contribution in [0.15, 0.2) is 66.7 Å². The third-order valence-corrected chi connectivity index (χ3v) is 7.29. The first-order valence-electron chi connectivity index (χ1n) is 14.7. The fourth-order valence-corrected chi connectivity index (χ4v) is 5.06. The van der Waals surface area contributed by atoms with Gasteiger partial charge in [-0.15, -0.1) is 0 Å². The van der Waals surface area contributed by atoms with Crippen molar-refractivity contribution in [2.45, 2.75) is 44.5 Å². The molecule has 1 aliphatic heterocycles. The van der Waals surface area contributed by atoms with Crippen molar-refractivity contribution >= 4 is 0 Å². The first-order chi connectivity index (χ1) is 20.7. The Morgan fingerprint density at radius 1 is 0.738 bits per heavy atom. The van der Waals surface area contributed by atoms with Crippen LogP contribution in [0.3, 0.4) is 0 Å². The summed E-state index contributed by atoms with van der Waals surface area (Å²) in [5.74, 6) is 3.56. The van der Waals surface area contributed by atoms with E-state index in [2.05, 4.69) is 29.6 Å². The summed E-state index contributed by atoms with van der Waals surface area (Å²) in [6, 6.07) is 22.3. The molecule has 1 aliphatic rings. The maximum absolute atomic E-state index is 6.47. The van der Waals surface area contributed by atoms with Gasteiger partial charge in [-0.25, -0.2) is 0 Å². The fraction of sp³-hybridized carbons (Fsp3) is 0.471. The van der Waals surface area contributed by atoms with Gasteiger partial charge in [0.15, 0.2) is 0 Å². The quantitative estimate of drug-likeness (QED) is 0.191. The minimum atomic E-state index is 0.0585. The minimum Gasteiger partial charge on any atom is -0.497 e. The zero-order valence-corrected chi connectivity index (χ0v) is 25.1. The predicted octanol–water partition coefficient (Wildman–Crippen LogP) is 5.77. The van der Waals surface area contributed by atoms with E-state index in [4.69, 9.17) is 33.2 Å². The van der Waals surface area contributed by atoms with Crippen molar-refractivity contribution in [3.63, 3.8) is 0 Å². The van der Waals surface area contributed by atoms with Gasteiger partial charge in [0, 0.05) is 50.7 Å². The van der Waals surface area contributed by atoms with E-state index >= 15 is 0 Å². The van der Waals surface area contributed by atoms with Crippen LogP contribution in [0.4, 0.5) is 0 Å². The van der Waals surface area contributed by atoms with Crippen LogP contribution in [0.25, 0.3) is 0 Å². The molecule has 4 rings (SSSR count). The van der Waals surface area contributed by atoms with E-state index < -0.39 is 0 Å². The first-order valence-corrected chi connectivity index (χ1v) is 14.7. The molecule has 1 heterocycles. The van der Waals surface area contributed by atoms with Crippen LogP contribution in [-0.2, 0) is 27.4 Å². The smallest absolute Gasteiger partial charge is 0.124 e. The summed E-state index contributed by atoms with van der Waals surface area (Å²) < 4.78 is 40.1. The predicted molar refractivity (Wildman–Crippen MR) is 163 cm³/mol. The molecule has 2 unspecified atom stereocenters. The van der Waals surface area contributed by atoms with Gasteiger partial charge in [-0.05, 0) is 54.4 Å². The second kappa shape index (κ2) is 17.6. The van der Waals surface area contributed by atoms with Gasteiger partial charge in [0.1, 0.15) is 23.0 Å². The number of methoxy groups -OCH3 is 3. The van der Waals surface area contributed by atoms with Gasteiger partial charge in [-0.2, -0.15) is 0 Å². The van der Waals surface area contributed by atoms with E-state index in [0.29, 0.717) is 45.6 Å². The number of benzene rings is 3. The van der Waals surface area contributed by atoms with Crippen LogP contribution in [0.1, 0.15) is 41.9 Å². The third-order valence-electron chi connectivity index (χ3n) is 7.29. The summed E-state index contributed by atoms with van der Waals surface area (Å²) in [7, 11) is 5.04. The van der Waals surface area contributed by atoms with Crippen LogP contribution in [0.2, 0.25) is 0 Å². The maximum atomic E-state index is 6.47. The van der Waals surface area contributed by atoms with Crippen molar-refractivity contribution in [1.82, 2.24) is 5.32 Å². The van der Waals surface area contributed by atoms with Gasteiger partial charge in [0.25, 0.3) is 0 Å². The molecule has 0 radical (unpaired) electrons. The van der Waals surface area contributed by atoms with Crippen molar-refractivity contribution in [2.75, 3.05) is 60.8 Å². The largest absolute Gasteiger partial charge is 0.497 e. The Bertz CT molecular complexity index is 1190. The van der Waals surface area contributed by atoms with Crippen molar-refractivity contribution in [2.24, 2.45) is 0 Å². The normalized spacial score (nSPS) is 16.6. The van der Waals surface area contributed by atoms with E-state index in [1.165, 1.54) is 5.56 Å². The van der Waals surface area contributed by atoms with Crippen molar-refractivity contribution in [1.29, 1.82) is 0 Å². The molecule has 0 saturated carbocycles. The second-order valence-electron chi connectivity index (χ2n) is 10.3. The Morgan fingerprint density at radius 3 is 2.29 bits per heavy atom. The van der Waals surface area contributed by atoms with E-state index in [1.807, 2.05) is 42.5 Å². The molecule has 1 saturated heterocycles. The Morgan fingerprint density at radius 2 is 1.50 bits per heavy atom. The summed E-state index contributed by atoms with van der Waals surface area (Å²) in [6.07, 6.45) is 2.71. The summed E-state index contributed by atoms with van der Waals surface area (Å²) in [4.78, 5) is 0. The van der Waals surface area contributed by atoms with E-state index in [0.717, 1.165) is 66.5 Å². The average molecular weight is 580 g/mol. The molecule has 8 heteroatoms. The topological polar surface area (TPSA) is 76.6 Å². The van der Waals surface area contributed by atoms with Crippen LogP contribution < -0.4 is 24.3 Å². The lowest BCUT2D eigenvalue weighted by Gasteiger charge is -2.32. The first kappa shape index (κ1) is 31.6. The van der Waals surface area contributed by atoms with Crippen LogP contribution in [0.5, 0.6) is 23.0 Å². The highest BCUT2D eigenvalue weighted by atomic mass is 16.5. The number of hydrogen-bond acceptors (Lipinski definition) is 8. The molecule has 2 atom stereocenters. The van der Waals surface area contributed by atoms with Crippen molar-refractivity contribution in [3.8, 4) is 23.0 Å². The monoisotopic (exact) mass is 579 g/mol. The van der Waals surface area contributed by atoms with Crippen LogP contribution >= 0.6 is 0 Å². The highest BCUT2D eigenvalue weighted by molar-refractivity contribution is 5.38. The molecule has 8 nitrogen and oxygen atoms in total. The Hall–Kier alpha value is -3.30. The summed E-state index contributed by atoms with van der Waals surface area (Å²) in [6.45, 7) is 5.27. The third kappa shape index (κ3) is 9.91. The molecule has 0 aromatic heterocycles. The van der Waals surface area contributed by atoms with E-state index in [9.17, 15) is 0 Å². The molecule has 3 aromatic carbocycles. The zero-order chi connectivity index (χ0) is 29.4. The lowest BCUT2D eigenvalue weighted by Crippen LogP contribution is -2.40. The average Bonchev–Trinajstić information content (AvgIpc) is 3.04. The SMILES string of the molecule is COCCCOc1cc(COC2CNCCC2c2ccc(OCCCOCc3ccccc3OC)cc2)cc(OC)c1. The second-order valence-corrected chi connectivity index (χ2v) is 10.3. The van der Waals surface area contributed by atoms with Gasteiger partial charge < -0.3 is 38.5 Å². The van der Waals surface area contributed by atoms with Gasteiger partial charge in [-0.1, -0.05) is 30.3 Å². The fourth-order valence-electron chi connectivity index (χ4n) is 5.06. The molecule has 1 fully saturated rings. The van der Waals surface area contributed by atoms with Crippen molar-refractivity contribution in [3.05, 3.63) is 83.4 Å². The standard InChI is InChI=1S/C34H45NO7/c1-36-16-6-18-41-31-21-26(20-30(22-31)37-2)24-42-34-23-35-15-14-32(34)27-10-12-29(13-11-27)40-19-7-17-39-25-28-8-4-5-9-33(28)38-3/h4-5,8-13,20-22,32,34-35H,6-7,14-19,23-25H2,1-3H3. The molecule has 0 bridgehead atoms. The molecule has 0 aliphatic carbocycles. The Labute approximate surface area is 250 Å². The van der Waals surface area contributed by atoms with Gasteiger partial charge in [0.05, 0.1) is 53.4 Å². The van der Waals surface area contributed by atoms with Crippen molar-refractivity contribution < 1.29 is 33.2 Å². The number of para-hydroxylation sites is 1. The molecule has 228 valence electrons. The highest BCUT2D eigenvalue weighted by Crippen LogP contribution is 2.31. The number of rotatable bonds is 18. The Balaban J connectivity index is 1.23. The van der Waals surface area contributed by atoms with Gasteiger partial charge >= 0.3 is 0 Å². The lowest BCUT2D eigenvalue weighted by atomic mass is 9.87. The zero-order valence-electron chi connectivity index (χ0n) is 25.1. The van der Waals surface area contributed by atoms with Gasteiger partial charge in [-0.3, -0.25) is 0 Å². The number of piperidine rings is 1. The maximum Gasteiger partial charge on any atom is 0.124 e.